The smallest absolute Gasteiger partial charge is 0.180 e. The number of imidazole rings is 1. The number of nitrogens with one attached hydrogen (secondary N) is 2. The summed E-state index contributed by atoms with van der Waals surface area (Å²) >= 11 is 3.51. The van der Waals surface area contributed by atoms with Crippen molar-refractivity contribution >= 4 is 32.9 Å². The third-order valence-electron chi connectivity index (χ3n) is 2.92. The van der Waals surface area contributed by atoms with Crippen molar-refractivity contribution in [1.82, 2.24) is 15.0 Å². The number of pyridine rings is 1. The number of hydrogen-bond acceptors (Lipinski definition) is 3. The monoisotopic (exact) mass is 316 g/mol. The van der Waals surface area contributed by atoms with Crippen LogP contribution in [0.1, 0.15) is 5.56 Å². The molecule has 0 fully saturated rings. The van der Waals surface area contributed by atoms with Crippen molar-refractivity contribution in [1.29, 1.82) is 0 Å². The van der Waals surface area contributed by atoms with Crippen LogP contribution in [-0.2, 0) is 0 Å². The summed E-state index contributed by atoms with van der Waals surface area (Å²) in [4.78, 5) is 12.3. The zero-order valence-electron chi connectivity index (χ0n) is 10.7. The molecule has 0 amide bonds. The topological polar surface area (TPSA) is 53.6 Å². The van der Waals surface area contributed by atoms with Gasteiger partial charge in [0.05, 0.1) is 5.52 Å². The fraction of sp³-hybridized carbons (Fsp3) is 0.143. The Hall–Kier alpha value is -1.88. The quantitative estimate of drug-likeness (QED) is 0.757. The van der Waals surface area contributed by atoms with Crippen LogP contribution in [0, 0.1) is 6.92 Å². The molecule has 3 rings (SSSR count). The maximum atomic E-state index is 4.55. The maximum Gasteiger partial charge on any atom is 0.180 e. The van der Waals surface area contributed by atoms with Crippen LogP contribution < -0.4 is 5.32 Å². The Morgan fingerprint density at radius 1 is 1.16 bits per heavy atom. The summed E-state index contributed by atoms with van der Waals surface area (Å²) in [7, 11) is 1.85. The number of H-pyrrole nitrogens is 1. The summed E-state index contributed by atoms with van der Waals surface area (Å²) in [5, 5.41) is 3.01. The lowest BCUT2D eigenvalue weighted by molar-refractivity contribution is 1.28. The fourth-order valence-electron chi connectivity index (χ4n) is 2.04. The predicted octanol–water partition coefficient (Wildman–Crippen LogP) is 3.74. The minimum absolute atomic E-state index is 0.722. The molecule has 0 aliphatic rings. The zero-order chi connectivity index (χ0) is 13.4. The fourth-order valence-corrected chi connectivity index (χ4v) is 2.65. The Labute approximate surface area is 119 Å². The molecule has 1 aromatic carbocycles. The summed E-state index contributed by atoms with van der Waals surface area (Å²) in [6, 6.07) is 10.1. The second kappa shape index (κ2) is 4.66. The van der Waals surface area contributed by atoms with Gasteiger partial charge < -0.3 is 10.3 Å². The number of halogens is 1. The summed E-state index contributed by atoms with van der Waals surface area (Å²) in [5.41, 5.74) is 3.90. The van der Waals surface area contributed by atoms with E-state index >= 15 is 0 Å². The molecule has 96 valence electrons. The molecule has 0 aliphatic heterocycles. The van der Waals surface area contributed by atoms with Gasteiger partial charge in [-0.2, -0.15) is 0 Å². The van der Waals surface area contributed by atoms with Gasteiger partial charge in [0.1, 0.15) is 11.6 Å². The van der Waals surface area contributed by atoms with Crippen molar-refractivity contribution < 1.29 is 0 Å². The Morgan fingerprint density at radius 3 is 2.74 bits per heavy atom. The van der Waals surface area contributed by atoms with E-state index in [1.807, 2.05) is 25.2 Å². The molecule has 0 saturated heterocycles. The van der Waals surface area contributed by atoms with Gasteiger partial charge >= 0.3 is 0 Å². The van der Waals surface area contributed by atoms with Gasteiger partial charge in [0.25, 0.3) is 0 Å². The molecule has 4 nitrogen and oxygen atoms in total. The minimum atomic E-state index is 0.722. The molecule has 2 aromatic heterocycles. The number of rotatable bonds is 2. The van der Waals surface area contributed by atoms with Gasteiger partial charge in [0.15, 0.2) is 5.65 Å². The van der Waals surface area contributed by atoms with Crippen molar-refractivity contribution in [2.75, 3.05) is 12.4 Å². The lowest BCUT2D eigenvalue weighted by Gasteiger charge is -2.00. The van der Waals surface area contributed by atoms with Crippen molar-refractivity contribution in [2.24, 2.45) is 0 Å². The van der Waals surface area contributed by atoms with E-state index < -0.39 is 0 Å². The molecular weight excluding hydrogens is 304 g/mol. The number of hydrogen-bond donors (Lipinski definition) is 2. The van der Waals surface area contributed by atoms with Crippen LogP contribution in [0.2, 0.25) is 0 Å². The van der Waals surface area contributed by atoms with Crippen LogP contribution in [0.15, 0.2) is 34.8 Å². The molecule has 5 heteroatoms. The van der Waals surface area contributed by atoms with Crippen LogP contribution >= 0.6 is 15.9 Å². The highest BCUT2D eigenvalue weighted by molar-refractivity contribution is 9.10. The van der Waals surface area contributed by atoms with Crippen LogP contribution in [0.5, 0.6) is 0 Å². The first kappa shape index (κ1) is 12.2. The van der Waals surface area contributed by atoms with Gasteiger partial charge in [-0.05, 0) is 42.8 Å². The highest BCUT2D eigenvalue weighted by Crippen LogP contribution is 2.25. The summed E-state index contributed by atoms with van der Waals surface area (Å²) < 4.78 is 1.05. The van der Waals surface area contributed by atoms with Gasteiger partial charge in [-0.1, -0.05) is 15.9 Å². The maximum absolute atomic E-state index is 4.55. The van der Waals surface area contributed by atoms with Crippen molar-refractivity contribution in [2.45, 2.75) is 6.92 Å². The van der Waals surface area contributed by atoms with E-state index in [0.717, 1.165) is 32.8 Å². The molecule has 0 unspecified atom stereocenters. The van der Waals surface area contributed by atoms with Gasteiger partial charge in [-0.25, -0.2) is 9.97 Å². The molecule has 0 radical (unpaired) electrons. The average molecular weight is 317 g/mol. The number of aryl methyl sites for hydroxylation is 1. The third-order valence-corrected chi connectivity index (χ3v) is 3.38. The summed E-state index contributed by atoms with van der Waals surface area (Å²) in [5.74, 6) is 1.65. The molecule has 0 bridgehead atoms. The number of aromatic nitrogens is 3. The van der Waals surface area contributed by atoms with Crippen LogP contribution in [0.3, 0.4) is 0 Å². The van der Waals surface area contributed by atoms with Crippen molar-refractivity contribution in [3.63, 3.8) is 0 Å². The standard InChI is InChI=1S/C14H13BrN4/c1-8-5-9(7-10(15)6-8)13-17-11-3-4-12(16-2)18-14(11)19-13/h3-7H,1-2H3,(H2,16,17,18,19). The Balaban J connectivity index is 2.14. The van der Waals surface area contributed by atoms with E-state index in [0.29, 0.717) is 0 Å². The highest BCUT2D eigenvalue weighted by Gasteiger charge is 2.08. The normalized spacial score (nSPS) is 10.9. The Morgan fingerprint density at radius 2 is 2.00 bits per heavy atom. The van der Waals surface area contributed by atoms with E-state index in [1.54, 1.807) is 0 Å². The lowest BCUT2D eigenvalue weighted by Crippen LogP contribution is -1.91. The molecule has 0 atom stereocenters. The molecule has 2 heterocycles. The van der Waals surface area contributed by atoms with E-state index in [2.05, 4.69) is 55.3 Å². The first-order valence-corrected chi connectivity index (χ1v) is 6.77. The number of fused-ring (bicyclic) bond motifs is 1. The number of nitrogens with zero attached hydrogens (tertiary/aromatic N) is 2. The Kier molecular flexibility index (Phi) is 2.98. The minimum Gasteiger partial charge on any atom is -0.373 e. The first-order valence-electron chi connectivity index (χ1n) is 5.98. The van der Waals surface area contributed by atoms with Crippen molar-refractivity contribution in [3.8, 4) is 11.4 Å². The third kappa shape index (κ3) is 2.33. The van der Waals surface area contributed by atoms with E-state index in [1.165, 1.54) is 5.56 Å². The molecule has 19 heavy (non-hydrogen) atoms. The Bertz CT molecular complexity index is 728. The number of benzene rings is 1. The van der Waals surface area contributed by atoms with Gasteiger partial charge in [-0.3, -0.25) is 0 Å². The first-order chi connectivity index (χ1) is 9.15. The average Bonchev–Trinajstić information content (AvgIpc) is 2.80. The number of aromatic amines is 1. The summed E-state index contributed by atoms with van der Waals surface area (Å²) in [6.07, 6.45) is 0. The van der Waals surface area contributed by atoms with Crippen LogP contribution in [0.25, 0.3) is 22.6 Å². The van der Waals surface area contributed by atoms with Crippen LogP contribution in [0.4, 0.5) is 5.82 Å². The van der Waals surface area contributed by atoms with E-state index in [4.69, 9.17) is 0 Å². The highest BCUT2D eigenvalue weighted by atomic mass is 79.9. The second-order valence-electron chi connectivity index (χ2n) is 4.42. The molecule has 0 spiro atoms. The van der Waals surface area contributed by atoms with E-state index in [-0.39, 0.29) is 0 Å². The van der Waals surface area contributed by atoms with Gasteiger partial charge in [0.2, 0.25) is 0 Å². The molecule has 3 aromatic rings. The summed E-state index contributed by atoms with van der Waals surface area (Å²) in [6.45, 7) is 2.06. The largest absolute Gasteiger partial charge is 0.373 e. The van der Waals surface area contributed by atoms with Gasteiger partial charge in [-0.15, -0.1) is 0 Å². The van der Waals surface area contributed by atoms with E-state index in [9.17, 15) is 0 Å². The molecule has 2 N–H and O–H groups in total. The van der Waals surface area contributed by atoms with Crippen LogP contribution in [-0.4, -0.2) is 22.0 Å². The molecule has 0 aliphatic carbocycles. The predicted molar refractivity (Wildman–Crippen MR) is 81.3 cm³/mol. The second-order valence-corrected chi connectivity index (χ2v) is 5.34. The van der Waals surface area contributed by atoms with Crippen molar-refractivity contribution in [3.05, 3.63) is 40.4 Å². The lowest BCUT2D eigenvalue weighted by atomic mass is 10.1. The SMILES string of the molecule is CNc1ccc2[nH]c(-c3cc(C)cc(Br)c3)nc2n1. The molecule has 0 saturated carbocycles. The van der Waals surface area contributed by atoms with Gasteiger partial charge in [0, 0.05) is 17.1 Å². The number of anilines is 1. The molecular formula is C14H13BrN4. The zero-order valence-corrected chi connectivity index (χ0v) is 12.2.